The molecule has 0 aliphatic carbocycles. The van der Waals surface area contributed by atoms with Gasteiger partial charge in [-0.05, 0) is 19.9 Å². The first-order chi connectivity index (χ1) is 11.6. The molecule has 1 N–H and O–H groups in total. The van der Waals surface area contributed by atoms with Crippen LogP contribution in [-0.4, -0.2) is 28.8 Å². The molecular weight excluding hydrogens is 332 g/mol. The van der Waals surface area contributed by atoms with Crippen LogP contribution in [0.5, 0.6) is 5.75 Å². The molecule has 0 aromatic heterocycles. The standard InChI is InChI=1S/C16H18N2O7/c1-9(2)23-13-7-10(5-6-12(13)18(21)22)17-8-11-14(19)24-16(3,4)25-15(11)20/h5-9,17H,1-4H3. The van der Waals surface area contributed by atoms with Gasteiger partial charge in [0.05, 0.1) is 11.0 Å². The second-order valence-electron chi connectivity index (χ2n) is 5.99. The lowest BCUT2D eigenvalue weighted by Crippen LogP contribution is -2.42. The first-order valence-corrected chi connectivity index (χ1v) is 7.47. The average Bonchev–Trinajstić information content (AvgIpc) is 2.44. The zero-order chi connectivity index (χ0) is 18.8. The van der Waals surface area contributed by atoms with Crippen LogP contribution in [0.25, 0.3) is 0 Å². The Labute approximate surface area is 143 Å². The number of esters is 2. The van der Waals surface area contributed by atoms with E-state index >= 15 is 0 Å². The third-order valence-corrected chi connectivity index (χ3v) is 3.02. The molecule has 0 amide bonds. The number of nitrogens with one attached hydrogen (secondary N) is 1. The molecule has 2 rings (SSSR count). The van der Waals surface area contributed by atoms with Crippen LogP contribution >= 0.6 is 0 Å². The van der Waals surface area contributed by atoms with Crippen LogP contribution in [0.4, 0.5) is 11.4 Å². The summed E-state index contributed by atoms with van der Waals surface area (Å²) in [5.74, 6) is -2.90. The SMILES string of the molecule is CC(C)Oc1cc(NC=C2C(=O)OC(C)(C)OC2=O)ccc1[N+](=O)[O-]. The van der Waals surface area contributed by atoms with Crippen LogP contribution < -0.4 is 10.1 Å². The summed E-state index contributed by atoms with van der Waals surface area (Å²) in [4.78, 5) is 34.2. The van der Waals surface area contributed by atoms with Gasteiger partial charge in [0.1, 0.15) is 0 Å². The summed E-state index contributed by atoms with van der Waals surface area (Å²) < 4.78 is 15.4. The van der Waals surface area contributed by atoms with E-state index in [1.165, 1.54) is 32.0 Å². The fourth-order valence-corrected chi connectivity index (χ4v) is 2.04. The van der Waals surface area contributed by atoms with Gasteiger partial charge in [-0.2, -0.15) is 0 Å². The van der Waals surface area contributed by atoms with Crippen molar-refractivity contribution in [3.05, 3.63) is 40.1 Å². The Morgan fingerprint density at radius 1 is 1.24 bits per heavy atom. The number of ether oxygens (including phenoxy) is 3. The Bertz CT molecular complexity index is 731. The topological polar surface area (TPSA) is 117 Å². The first kappa shape index (κ1) is 18.2. The van der Waals surface area contributed by atoms with Crippen LogP contribution in [0.3, 0.4) is 0 Å². The highest BCUT2D eigenvalue weighted by atomic mass is 16.7. The molecular formula is C16H18N2O7. The van der Waals surface area contributed by atoms with E-state index in [9.17, 15) is 19.7 Å². The molecule has 0 radical (unpaired) electrons. The number of hydrogen-bond donors (Lipinski definition) is 1. The van der Waals surface area contributed by atoms with Gasteiger partial charge in [-0.3, -0.25) is 10.1 Å². The monoisotopic (exact) mass is 350 g/mol. The number of nitro benzene ring substituents is 1. The van der Waals surface area contributed by atoms with E-state index in [2.05, 4.69) is 5.32 Å². The fraction of sp³-hybridized carbons (Fsp3) is 0.375. The van der Waals surface area contributed by atoms with Crippen molar-refractivity contribution in [1.29, 1.82) is 0 Å². The molecule has 0 atom stereocenters. The van der Waals surface area contributed by atoms with Gasteiger partial charge in [-0.1, -0.05) is 0 Å². The Morgan fingerprint density at radius 2 is 1.84 bits per heavy atom. The Morgan fingerprint density at radius 3 is 2.36 bits per heavy atom. The zero-order valence-corrected chi connectivity index (χ0v) is 14.2. The van der Waals surface area contributed by atoms with Crippen LogP contribution in [0.2, 0.25) is 0 Å². The lowest BCUT2D eigenvalue weighted by Gasteiger charge is -2.29. The molecule has 9 nitrogen and oxygen atoms in total. The predicted molar refractivity (Wildman–Crippen MR) is 86.8 cm³/mol. The molecule has 0 bridgehead atoms. The predicted octanol–water partition coefficient (Wildman–Crippen LogP) is 2.51. The molecule has 0 unspecified atom stereocenters. The fourth-order valence-electron chi connectivity index (χ4n) is 2.04. The molecule has 1 aromatic rings. The number of carbonyl (C=O) groups excluding carboxylic acids is 2. The second-order valence-corrected chi connectivity index (χ2v) is 5.99. The Balaban J connectivity index is 2.24. The number of anilines is 1. The quantitative estimate of drug-likeness (QED) is 0.283. The zero-order valence-electron chi connectivity index (χ0n) is 14.2. The molecule has 9 heteroatoms. The van der Waals surface area contributed by atoms with E-state index in [1.807, 2.05) is 0 Å². The van der Waals surface area contributed by atoms with Gasteiger partial charge in [-0.25, -0.2) is 9.59 Å². The van der Waals surface area contributed by atoms with E-state index in [4.69, 9.17) is 14.2 Å². The van der Waals surface area contributed by atoms with Gasteiger partial charge in [0.15, 0.2) is 11.3 Å². The molecule has 1 aliphatic heterocycles. The van der Waals surface area contributed by atoms with Crippen molar-refractivity contribution >= 4 is 23.3 Å². The van der Waals surface area contributed by atoms with E-state index in [0.29, 0.717) is 5.69 Å². The third-order valence-electron chi connectivity index (χ3n) is 3.02. The van der Waals surface area contributed by atoms with Gasteiger partial charge in [0.2, 0.25) is 0 Å². The number of rotatable bonds is 5. The summed E-state index contributed by atoms with van der Waals surface area (Å²) >= 11 is 0. The highest BCUT2D eigenvalue weighted by Crippen LogP contribution is 2.31. The maximum absolute atomic E-state index is 11.9. The minimum Gasteiger partial charge on any atom is -0.484 e. The lowest BCUT2D eigenvalue weighted by atomic mass is 10.2. The second kappa shape index (κ2) is 6.80. The third kappa shape index (κ3) is 4.46. The summed E-state index contributed by atoms with van der Waals surface area (Å²) in [6, 6.07) is 4.09. The first-order valence-electron chi connectivity index (χ1n) is 7.47. The number of cyclic esters (lactones) is 2. The van der Waals surface area contributed by atoms with Crippen molar-refractivity contribution < 1.29 is 28.7 Å². The average molecular weight is 350 g/mol. The van der Waals surface area contributed by atoms with Crippen LogP contribution in [-0.2, 0) is 19.1 Å². The molecule has 0 saturated carbocycles. The van der Waals surface area contributed by atoms with Crippen LogP contribution in [0, 0.1) is 10.1 Å². The summed E-state index contributed by atoms with van der Waals surface area (Å²) in [5, 5.41) is 13.8. The van der Waals surface area contributed by atoms with E-state index in [0.717, 1.165) is 6.20 Å². The molecule has 25 heavy (non-hydrogen) atoms. The van der Waals surface area contributed by atoms with Crippen molar-refractivity contribution in [1.82, 2.24) is 0 Å². The van der Waals surface area contributed by atoms with Crippen molar-refractivity contribution in [3.63, 3.8) is 0 Å². The Hall–Kier alpha value is -3.10. The van der Waals surface area contributed by atoms with Crippen molar-refractivity contribution in [2.24, 2.45) is 0 Å². The van der Waals surface area contributed by atoms with E-state index < -0.39 is 22.6 Å². The summed E-state index contributed by atoms with van der Waals surface area (Å²) in [6.45, 7) is 6.36. The Kier molecular flexibility index (Phi) is 4.96. The van der Waals surface area contributed by atoms with Gasteiger partial charge in [0.25, 0.3) is 5.79 Å². The maximum Gasteiger partial charge on any atom is 0.350 e. The molecule has 1 aliphatic rings. The maximum atomic E-state index is 11.9. The highest BCUT2D eigenvalue weighted by Gasteiger charge is 2.38. The number of nitrogens with zero attached hydrogens (tertiary/aromatic N) is 1. The summed E-state index contributed by atoms with van der Waals surface area (Å²) in [5.41, 5.74) is -0.117. The molecule has 134 valence electrons. The minimum atomic E-state index is -1.32. The number of carbonyl (C=O) groups is 2. The highest BCUT2D eigenvalue weighted by molar-refractivity contribution is 6.15. The number of hydrogen-bond acceptors (Lipinski definition) is 8. The van der Waals surface area contributed by atoms with Crippen LogP contribution in [0.1, 0.15) is 27.7 Å². The normalized spacial score (nSPS) is 16.1. The van der Waals surface area contributed by atoms with Gasteiger partial charge >= 0.3 is 17.6 Å². The molecule has 1 heterocycles. The van der Waals surface area contributed by atoms with Gasteiger partial charge < -0.3 is 19.5 Å². The summed E-state index contributed by atoms with van der Waals surface area (Å²) in [7, 11) is 0. The number of benzene rings is 1. The van der Waals surface area contributed by atoms with Crippen molar-refractivity contribution in [3.8, 4) is 5.75 Å². The van der Waals surface area contributed by atoms with Crippen LogP contribution in [0.15, 0.2) is 30.0 Å². The van der Waals surface area contributed by atoms with E-state index in [1.54, 1.807) is 13.8 Å². The largest absolute Gasteiger partial charge is 0.484 e. The van der Waals surface area contributed by atoms with Crippen molar-refractivity contribution in [2.45, 2.75) is 39.6 Å². The van der Waals surface area contributed by atoms with Crippen molar-refractivity contribution in [2.75, 3.05) is 5.32 Å². The number of nitro groups is 1. The molecule has 0 spiro atoms. The van der Waals surface area contributed by atoms with Gasteiger partial charge in [0, 0.05) is 37.9 Å². The molecule has 1 aromatic carbocycles. The summed E-state index contributed by atoms with van der Waals surface area (Å²) in [6.07, 6.45) is 0.859. The van der Waals surface area contributed by atoms with E-state index in [-0.39, 0.29) is 23.1 Å². The minimum absolute atomic E-state index is 0.0679. The lowest BCUT2D eigenvalue weighted by molar-refractivity contribution is -0.386. The van der Waals surface area contributed by atoms with Gasteiger partial charge in [-0.15, -0.1) is 0 Å². The molecule has 1 saturated heterocycles. The smallest absolute Gasteiger partial charge is 0.350 e. The molecule has 1 fully saturated rings.